The molecule has 0 amide bonds. The number of aryl methyl sites for hydroxylation is 1. The summed E-state index contributed by atoms with van der Waals surface area (Å²) >= 11 is 0. The second kappa shape index (κ2) is 6.24. The fourth-order valence-electron chi connectivity index (χ4n) is 1.34. The summed E-state index contributed by atoms with van der Waals surface area (Å²) in [5.74, 6) is 0.0200. The number of carboxylic acids is 1. The molecule has 0 radical (unpaired) electrons. The summed E-state index contributed by atoms with van der Waals surface area (Å²) < 4.78 is 1.94. The van der Waals surface area contributed by atoms with Crippen molar-refractivity contribution in [1.29, 1.82) is 0 Å². The summed E-state index contributed by atoms with van der Waals surface area (Å²) in [4.78, 5) is 14.6. The van der Waals surface area contributed by atoms with Gasteiger partial charge in [0.1, 0.15) is 11.9 Å². The highest BCUT2D eigenvalue weighted by molar-refractivity contribution is 5.72. The molecule has 1 rings (SSSR count). The zero-order valence-corrected chi connectivity index (χ0v) is 9.39. The van der Waals surface area contributed by atoms with E-state index in [4.69, 9.17) is 10.8 Å². The first-order valence-corrected chi connectivity index (χ1v) is 5.26. The molecule has 90 valence electrons. The third kappa shape index (κ3) is 4.00. The molecule has 0 aliphatic rings. The largest absolute Gasteiger partial charge is 0.480 e. The van der Waals surface area contributed by atoms with Gasteiger partial charge in [-0.3, -0.25) is 4.79 Å². The second-order valence-corrected chi connectivity index (χ2v) is 3.72. The van der Waals surface area contributed by atoms with Gasteiger partial charge in [-0.25, -0.2) is 4.98 Å². The van der Waals surface area contributed by atoms with E-state index in [1.54, 1.807) is 6.20 Å². The fraction of sp³-hybridized carbons (Fsp3) is 0.600. The van der Waals surface area contributed by atoms with Crippen LogP contribution in [0.5, 0.6) is 0 Å². The predicted molar refractivity (Wildman–Crippen MR) is 59.8 cm³/mol. The molecule has 0 aromatic carbocycles. The molecule has 1 unspecified atom stereocenters. The van der Waals surface area contributed by atoms with Gasteiger partial charge in [0.25, 0.3) is 0 Å². The van der Waals surface area contributed by atoms with E-state index in [0.717, 1.165) is 18.8 Å². The van der Waals surface area contributed by atoms with Gasteiger partial charge in [0.2, 0.25) is 0 Å². The molecule has 1 heterocycles. The second-order valence-electron chi connectivity index (χ2n) is 3.72. The highest BCUT2D eigenvalue weighted by atomic mass is 16.4. The first-order chi connectivity index (χ1) is 7.61. The number of rotatable bonds is 7. The summed E-state index contributed by atoms with van der Waals surface area (Å²) in [5, 5.41) is 11.8. The Morgan fingerprint density at radius 1 is 1.75 bits per heavy atom. The number of hydrogen-bond donors (Lipinski definition) is 3. The topological polar surface area (TPSA) is 93.2 Å². The number of nitrogens with zero attached hydrogens (tertiary/aromatic N) is 2. The number of aromatic nitrogens is 2. The lowest BCUT2D eigenvalue weighted by molar-refractivity contribution is -0.138. The van der Waals surface area contributed by atoms with Crippen LogP contribution in [0, 0.1) is 0 Å². The van der Waals surface area contributed by atoms with E-state index in [0.29, 0.717) is 13.0 Å². The van der Waals surface area contributed by atoms with E-state index < -0.39 is 12.0 Å². The van der Waals surface area contributed by atoms with Crippen molar-refractivity contribution in [2.24, 2.45) is 12.8 Å². The Balaban J connectivity index is 2.09. The minimum Gasteiger partial charge on any atom is -0.480 e. The van der Waals surface area contributed by atoms with Crippen LogP contribution in [0.15, 0.2) is 12.4 Å². The highest BCUT2D eigenvalue weighted by Crippen LogP contribution is 1.95. The SMILES string of the molecule is Cn1ccnc1CNCCCC(N)C(=O)O. The number of carboxylic acid groups (broad SMARTS) is 1. The Labute approximate surface area is 94.5 Å². The van der Waals surface area contributed by atoms with Gasteiger partial charge in [-0.1, -0.05) is 0 Å². The predicted octanol–water partition coefficient (Wildman–Crippen LogP) is -0.298. The number of nitrogens with two attached hydrogens (primary N) is 1. The van der Waals surface area contributed by atoms with E-state index in [-0.39, 0.29) is 0 Å². The smallest absolute Gasteiger partial charge is 0.320 e. The molecule has 0 saturated carbocycles. The van der Waals surface area contributed by atoms with Gasteiger partial charge in [0, 0.05) is 19.4 Å². The number of nitrogens with one attached hydrogen (secondary N) is 1. The van der Waals surface area contributed by atoms with Gasteiger partial charge >= 0.3 is 5.97 Å². The molecule has 0 fully saturated rings. The summed E-state index contributed by atoms with van der Waals surface area (Å²) in [6.07, 6.45) is 4.87. The molecule has 1 aromatic rings. The van der Waals surface area contributed by atoms with E-state index in [2.05, 4.69) is 10.3 Å². The maximum Gasteiger partial charge on any atom is 0.320 e. The van der Waals surface area contributed by atoms with Crippen molar-refractivity contribution in [1.82, 2.24) is 14.9 Å². The van der Waals surface area contributed by atoms with Gasteiger partial charge < -0.3 is 20.7 Å². The molecule has 1 aromatic heterocycles. The standard InChI is InChI=1S/C10H18N4O2/c1-14-6-5-13-9(14)7-12-4-2-3-8(11)10(15)16/h5-6,8,12H,2-4,7,11H2,1H3,(H,15,16). The molecule has 6 nitrogen and oxygen atoms in total. The number of hydrogen-bond acceptors (Lipinski definition) is 4. The van der Waals surface area contributed by atoms with Crippen LogP contribution in [0.25, 0.3) is 0 Å². The molecule has 16 heavy (non-hydrogen) atoms. The maximum atomic E-state index is 10.4. The Kier molecular flexibility index (Phi) is 4.94. The molecule has 6 heteroatoms. The average molecular weight is 226 g/mol. The van der Waals surface area contributed by atoms with Gasteiger partial charge in [-0.05, 0) is 19.4 Å². The highest BCUT2D eigenvalue weighted by Gasteiger charge is 2.09. The maximum absolute atomic E-state index is 10.4. The van der Waals surface area contributed by atoms with Crippen LogP contribution in [0.4, 0.5) is 0 Å². The fourth-order valence-corrected chi connectivity index (χ4v) is 1.34. The van der Waals surface area contributed by atoms with E-state index in [1.165, 1.54) is 0 Å². The van der Waals surface area contributed by atoms with Crippen LogP contribution in [-0.2, 0) is 18.4 Å². The number of imidazole rings is 1. The van der Waals surface area contributed by atoms with Crippen LogP contribution < -0.4 is 11.1 Å². The molecule has 1 atom stereocenters. The average Bonchev–Trinajstić information content (AvgIpc) is 2.63. The Bertz CT molecular complexity index is 337. The monoisotopic (exact) mass is 226 g/mol. The van der Waals surface area contributed by atoms with Crippen LogP contribution in [0.1, 0.15) is 18.7 Å². The molecular weight excluding hydrogens is 208 g/mol. The summed E-state index contributed by atoms with van der Waals surface area (Å²) in [7, 11) is 1.93. The molecule has 0 spiro atoms. The zero-order valence-electron chi connectivity index (χ0n) is 9.39. The number of aliphatic carboxylic acids is 1. The van der Waals surface area contributed by atoms with Crippen LogP contribution >= 0.6 is 0 Å². The lowest BCUT2D eigenvalue weighted by Gasteiger charge is -2.07. The van der Waals surface area contributed by atoms with E-state index in [9.17, 15) is 4.79 Å². The molecular formula is C10H18N4O2. The van der Waals surface area contributed by atoms with Crippen molar-refractivity contribution in [2.75, 3.05) is 6.54 Å². The minimum atomic E-state index is -0.941. The summed E-state index contributed by atoms with van der Waals surface area (Å²) in [6, 6.07) is -0.755. The number of carbonyl (C=O) groups is 1. The zero-order chi connectivity index (χ0) is 12.0. The first-order valence-electron chi connectivity index (χ1n) is 5.26. The minimum absolute atomic E-state index is 0.489. The Morgan fingerprint density at radius 2 is 2.50 bits per heavy atom. The lowest BCUT2D eigenvalue weighted by atomic mass is 10.2. The molecule has 0 aliphatic carbocycles. The van der Waals surface area contributed by atoms with Gasteiger partial charge in [0.05, 0.1) is 6.54 Å². The molecule has 0 aliphatic heterocycles. The quantitative estimate of drug-likeness (QED) is 0.555. The van der Waals surface area contributed by atoms with E-state index in [1.807, 2.05) is 17.8 Å². The van der Waals surface area contributed by atoms with Crippen molar-refractivity contribution >= 4 is 5.97 Å². The van der Waals surface area contributed by atoms with Crippen molar-refractivity contribution in [3.05, 3.63) is 18.2 Å². The van der Waals surface area contributed by atoms with Crippen molar-refractivity contribution < 1.29 is 9.90 Å². The molecule has 4 N–H and O–H groups in total. The van der Waals surface area contributed by atoms with Crippen LogP contribution in [0.2, 0.25) is 0 Å². The van der Waals surface area contributed by atoms with Crippen LogP contribution in [0.3, 0.4) is 0 Å². The third-order valence-electron chi connectivity index (χ3n) is 2.39. The lowest BCUT2D eigenvalue weighted by Crippen LogP contribution is -2.31. The molecule has 0 bridgehead atoms. The van der Waals surface area contributed by atoms with Crippen molar-refractivity contribution in [3.63, 3.8) is 0 Å². The Morgan fingerprint density at radius 3 is 3.06 bits per heavy atom. The van der Waals surface area contributed by atoms with Crippen molar-refractivity contribution in [3.8, 4) is 0 Å². The molecule has 0 saturated heterocycles. The van der Waals surface area contributed by atoms with Gasteiger partial charge in [-0.2, -0.15) is 0 Å². The first kappa shape index (κ1) is 12.7. The third-order valence-corrected chi connectivity index (χ3v) is 2.39. The summed E-state index contributed by atoms with van der Waals surface area (Å²) in [6.45, 7) is 1.43. The van der Waals surface area contributed by atoms with Gasteiger partial charge in [-0.15, -0.1) is 0 Å². The van der Waals surface area contributed by atoms with E-state index >= 15 is 0 Å². The summed E-state index contributed by atoms with van der Waals surface area (Å²) in [5.41, 5.74) is 5.37. The van der Waals surface area contributed by atoms with Crippen LogP contribution in [-0.4, -0.2) is 33.2 Å². The van der Waals surface area contributed by atoms with Gasteiger partial charge in [0.15, 0.2) is 0 Å². The van der Waals surface area contributed by atoms with Crippen molar-refractivity contribution in [2.45, 2.75) is 25.4 Å². The normalized spacial score (nSPS) is 12.6. The Hall–Kier alpha value is -1.40.